The molecule has 0 heterocycles. The Balaban J connectivity index is 4.72. The second-order valence-corrected chi connectivity index (χ2v) is 23.0. The van der Waals surface area contributed by atoms with Crippen LogP contribution in [0.5, 0.6) is 0 Å². The Labute approximate surface area is 478 Å². The minimum atomic E-state index is -4.76. The van der Waals surface area contributed by atoms with Gasteiger partial charge in [-0.25, -0.2) is 4.57 Å². The standard InChI is InChI=1S/C66H119O11P/c1-4-7-10-13-16-19-22-25-28-30-31-33-36-39-42-45-48-51-54-57-66(70)77-63(59-73-64(68)55-52-49-46-43-40-37-35-32-29-26-23-20-17-14-11-8-5-2)61-75-78(71,72)74-60-62(58-67)76-65(69)56-53-50-47-44-41-38-34-27-24-21-18-15-12-9-6-3/h7,10,16,19,25-26,28-29,31,33,62-63,67H,4-6,8-9,11-15,17-18,20-24,27,30,32,34-61H2,1-3H3,(H,71,72)/b10-7-,19-16-,28-25-,29-26-,33-31-. The molecular formula is C66H119O11P. The quantitative estimate of drug-likeness (QED) is 0.0197. The van der Waals surface area contributed by atoms with Gasteiger partial charge in [0, 0.05) is 19.3 Å². The normalized spacial score (nSPS) is 13.7. The molecule has 0 spiro atoms. The van der Waals surface area contributed by atoms with Crippen LogP contribution in [0.15, 0.2) is 60.8 Å². The van der Waals surface area contributed by atoms with E-state index in [0.717, 1.165) is 109 Å². The van der Waals surface area contributed by atoms with Crippen molar-refractivity contribution < 1.29 is 52.2 Å². The highest BCUT2D eigenvalue weighted by Crippen LogP contribution is 2.43. The molecule has 0 aromatic rings. The van der Waals surface area contributed by atoms with Crippen molar-refractivity contribution in [2.24, 2.45) is 0 Å². The monoisotopic (exact) mass is 1120 g/mol. The SMILES string of the molecule is CC/C=C\C/C=C\C/C=C\C/C=C\CCCCCCCCC(=O)OC(COC(=O)CCCCCCCCC/C=C\CCCCCCCC)COP(=O)(O)OCC(CO)OC(=O)CCCCCCCCCCCCCCCCC. The number of rotatable bonds is 60. The van der Waals surface area contributed by atoms with Crippen LogP contribution < -0.4 is 0 Å². The minimum absolute atomic E-state index is 0.151. The molecule has 0 saturated heterocycles. The number of carbonyl (C=O) groups is 3. The molecular weight excluding hydrogens is 1000 g/mol. The molecule has 12 heteroatoms. The number of ether oxygens (including phenoxy) is 3. The van der Waals surface area contributed by atoms with Gasteiger partial charge in [-0.15, -0.1) is 0 Å². The van der Waals surface area contributed by atoms with Crippen molar-refractivity contribution in [1.82, 2.24) is 0 Å². The zero-order chi connectivity index (χ0) is 56.9. The van der Waals surface area contributed by atoms with Crippen molar-refractivity contribution >= 4 is 25.7 Å². The van der Waals surface area contributed by atoms with Gasteiger partial charge in [0.1, 0.15) is 12.7 Å². The maximum atomic E-state index is 13.0. The lowest BCUT2D eigenvalue weighted by Gasteiger charge is -2.21. The van der Waals surface area contributed by atoms with Crippen LogP contribution >= 0.6 is 7.82 Å². The number of allylic oxidation sites excluding steroid dienone is 10. The molecule has 2 N–H and O–H groups in total. The van der Waals surface area contributed by atoms with Gasteiger partial charge in [0.05, 0.1) is 19.8 Å². The maximum absolute atomic E-state index is 13.0. The van der Waals surface area contributed by atoms with Crippen LogP contribution in [0.4, 0.5) is 0 Å². The predicted molar refractivity (Wildman–Crippen MR) is 325 cm³/mol. The number of phosphoric ester groups is 1. The first kappa shape index (κ1) is 75.2. The van der Waals surface area contributed by atoms with Gasteiger partial charge < -0.3 is 24.2 Å². The lowest BCUT2D eigenvalue weighted by molar-refractivity contribution is -0.161. The fourth-order valence-corrected chi connectivity index (χ4v) is 9.83. The van der Waals surface area contributed by atoms with Crippen molar-refractivity contribution in [3.8, 4) is 0 Å². The van der Waals surface area contributed by atoms with Crippen LogP contribution in [-0.4, -0.2) is 66.5 Å². The van der Waals surface area contributed by atoms with Crippen LogP contribution in [-0.2, 0) is 42.2 Å². The summed E-state index contributed by atoms with van der Waals surface area (Å²) in [6.45, 7) is 4.56. The fourth-order valence-electron chi connectivity index (χ4n) is 9.05. The van der Waals surface area contributed by atoms with E-state index in [2.05, 4.69) is 81.5 Å². The molecule has 0 aliphatic rings. The number of esters is 3. The van der Waals surface area contributed by atoms with Crippen LogP contribution in [0.25, 0.3) is 0 Å². The molecule has 0 aromatic carbocycles. The van der Waals surface area contributed by atoms with Gasteiger partial charge in [-0.1, -0.05) is 261 Å². The van der Waals surface area contributed by atoms with E-state index in [-0.39, 0.29) is 25.9 Å². The highest BCUT2D eigenvalue weighted by Gasteiger charge is 2.28. The number of unbranched alkanes of at least 4 members (excludes halogenated alkanes) is 33. The topological polar surface area (TPSA) is 155 Å². The highest BCUT2D eigenvalue weighted by molar-refractivity contribution is 7.47. The first-order chi connectivity index (χ1) is 38.2. The average molecular weight is 1120 g/mol. The van der Waals surface area contributed by atoms with Gasteiger partial charge in [0.25, 0.3) is 0 Å². The molecule has 0 rings (SSSR count). The Morgan fingerprint density at radius 2 is 0.667 bits per heavy atom. The molecule has 0 aliphatic heterocycles. The van der Waals surface area contributed by atoms with Gasteiger partial charge in [0.2, 0.25) is 0 Å². The molecule has 0 bridgehead atoms. The van der Waals surface area contributed by atoms with E-state index >= 15 is 0 Å². The van der Waals surface area contributed by atoms with E-state index in [1.54, 1.807) is 0 Å². The lowest BCUT2D eigenvalue weighted by Crippen LogP contribution is -2.30. The summed E-state index contributed by atoms with van der Waals surface area (Å²) in [6.07, 6.45) is 67.4. The van der Waals surface area contributed by atoms with Crippen molar-refractivity contribution in [3.05, 3.63) is 60.8 Å². The summed E-state index contributed by atoms with van der Waals surface area (Å²) in [5, 5.41) is 9.85. The first-order valence-electron chi connectivity index (χ1n) is 32.2. The number of carbonyl (C=O) groups excluding carboxylic acids is 3. The predicted octanol–water partition coefficient (Wildman–Crippen LogP) is 19.5. The maximum Gasteiger partial charge on any atom is 0.472 e. The molecule has 0 aliphatic carbocycles. The van der Waals surface area contributed by atoms with E-state index in [4.69, 9.17) is 23.3 Å². The van der Waals surface area contributed by atoms with Crippen LogP contribution in [0, 0.1) is 0 Å². The van der Waals surface area contributed by atoms with Crippen LogP contribution in [0.2, 0.25) is 0 Å². The third kappa shape index (κ3) is 57.9. The Bertz CT molecular complexity index is 1540. The molecule has 0 saturated carbocycles. The molecule has 11 nitrogen and oxygen atoms in total. The number of aliphatic hydroxyl groups is 1. The van der Waals surface area contributed by atoms with E-state index in [9.17, 15) is 28.9 Å². The van der Waals surface area contributed by atoms with Crippen molar-refractivity contribution in [2.75, 3.05) is 26.4 Å². The summed E-state index contributed by atoms with van der Waals surface area (Å²) in [6, 6.07) is 0. The summed E-state index contributed by atoms with van der Waals surface area (Å²) in [7, 11) is -4.76. The van der Waals surface area contributed by atoms with Crippen molar-refractivity contribution in [2.45, 2.75) is 315 Å². The van der Waals surface area contributed by atoms with E-state index in [1.165, 1.54) is 135 Å². The van der Waals surface area contributed by atoms with E-state index < -0.39 is 57.8 Å². The minimum Gasteiger partial charge on any atom is -0.462 e. The first-order valence-corrected chi connectivity index (χ1v) is 33.7. The van der Waals surface area contributed by atoms with Crippen molar-refractivity contribution in [1.29, 1.82) is 0 Å². The summed E-state index contributed by atoms with van der Waals surface area (Å²) in [4.78, 5) is 48.7. The summed E-state index contributed by atoms with van der Waals surface area (Å²) < 4.78 is 39.7. The zero-order valence-electron chi connectivity index (χ0n) is 50.4. The second kappa shape index (κ2) is 60.3. The van der Waals surface area contributed by atoms with Gasteiger partial charge in [-0.05, 0) is 83.5 Å². The third-order valence-corrected chi connectivity index (χ3v) is 14.9. The lowest BCUT2D eigenvalue weighted by atomic mass is 10.0. The summed E-state index contributed by atoms with van der Waals surface area (Å²) in [5.41, 5.74) is 0. The summed E-state index contributed by atoms with van der Waals surface area (Å²) >= 11 is 0. The van der Waals surface area contributed by atoms with Crippen LogP contribution in [0.1, 0.15) is 303 Å². The molecule has 0 fully saturated rings. The molecule has 0 amide bonds. The third-order valence-electron chi connectivity index (χ3n) is 13.9. The van der Waals surface area contributed by atoms with Gasteiger partial charge >= 0.3 is 25.7 Å². The molecule has 78 heavy (non-hydrogen) atoms. The fraction of sp³-hybridized carbons (Fsp3) is 0.803. The Hall–Kier alpha value is -2.82. The number of phosphoric acid groups is 1. The number of hydrogen-bond acceptors (Lipinski definition) is 10. The molecule has 3 atom stereocenters. The van der Waals surface area contributed by atoms with Gasteiger partial charge in [-0.3, -0.25) is 23.4 Å². The van der Waals surface area contributed by atoms with Crippen LogP contribution in [0.3, 0.4) is 0 Å². The Morgan fingerprint density at radius 1 is 0.372 bits per heavy atom. The van der Waals surface area contributed by atoms with Gasteiger partial charge in [0.15, 0.2) is 6.10 Å². The highest BCUT2D eigenvalue weighted by atomic mass is 31.2. The zero-order valence-corrected chi connectivity index (χ0v) is 51.3. The van der Waals surface area contributed by atoms with Crippen molar-refractivity contribution in [3.63, 3.8) is 0 Å². The molecule has 0 aromatic heterocycles. The smallest absolute Gasteiger partial charge is 0.462 e. The summed E-state index contributed by atoms with van der Waals surface area (Å²) in [5.74, 6) is -1.47. The largest absolute Gasteiger partial charge is 0.472 e. The van der Waals surface area contributed by atoms with Gasteiger partial charge in [-0.2, -0.15) is 0 Å². The Morgan fingerprint density at radius 3 is 1.04 bits per heavy atom. The number of hydrogen-bond donors (Lipinski definition) is 2. The molecule has 454 valence electrons. The Kier molecular flexibility index (Phi) is 58.1. The second-order valence-electron chi connectivity index (χ2n) is 21.6. The van der Waals surface area contributed by atoms with E-state index in [1.807, 2.05) is 0 Å². The molecule has 3 unspecified atom stereocenters. The van der Waals surface area contributed by atoms with E-state index in [0.29, 0.717) is 19.3 Å². The average Bonchev–Trinajstić information content (AvgIpc) is 3.43. The number of aliphatic hydroxyl groups excluding tert-OH is 1. The molecule has 0 radical (unpaired) electrons.